The molecule has 3 rings (SSSR count). The number of aromatic hydroxyl groups is 2. The summed E-state index contributed by atoms with van der Waals surface area (Å²) in [7, 11) is 0. The van der Waals surface area contributed by atoms with Crippen LogP contribution in [0.5, 0.6) is 11.5 Å². The number of aliphatic imine (C=N–C) groups is 1. The SMILES string of the molecule is CC1(c2cc(O)cc(O)c2)CN=C(N)N1CC1CC1. The van der Waals surface area contributed by atoms with Crippen LogP contribution in [0.25, 0.3) is 0 Å². The molecule has 2 aliphatic rings. The Morgan fingerprint density at radius 2 is 1.95 bits per heavy atom. The summed E-state index contributed by atoms with van der Waals surface area (Å²) in [6, 6.07) is 4.68. The number of phenols is 2. The molecule has 0 radical (unpaired) electrons. The predicted molar refractivity (Wildman–Crippen MR) is 73.0 cm³/mol. The fourth-order valence-electron chi connectivity index (χ4n) is 2.67. The first-order valence-electron chi connectivity index (χ1n) is 6.60. The van der Waals surface area contributed by atoms with Gasteiger partial charge >= 0.3 is 0 Å². The summed E-state index contributed by atoms with van der Waals surface area (Å²) >= 11 is 0. The summed E-state index contributed by atoms with van der Waals surface area (Å²) < 4.78 is 0. The Morgan fingerprint density at radius 3 is 2.53 bits per heavy atom. The van der Waals surface area contributed by atoms with E-state index in [0.29, 0.717) is 18.4 Å². The second-order valence-electron chi connectivity index (χ2n) is 5.74. The third-order valence-electron chi connectivity index (χ3n) is 4.08. The number of rotatable bonds is 3. The van der Waals surface area contributed by atoms with Gasteiger partial charge < -0.3 is 20.8 Å². The smallest absolute Gasteiger partial charge is 0.192 e. The average molecular weight is 261 g/mol. The summed E-state index contributed by atoms with van der Waals surface area (Å²) in [6.07, 6.45) is 2.48. The topological polar surface area (TPSA) is 82.1 Å². The van der Waals surface area contributed by atoms with Gasteiger partial charge in [-0.25, -0.2) is 0 Å². The lowest BCUT2D eigenvalue weighted by Crippen LogP contribution is -2.48. The largest absolute Gasteiger partial charge is 0.508 e. The highest BCUT2D eigenvalue weighted by atomic mass is 16.3. The third kappa shape index (κ3) is 2.09. The molecule has 0 saturated heterocycles. The first-order chi connectivity index (χ1) is 8.99. The van der Waals surface area contributed by atoms with E-state index in [1.807, 2.05) is 6.92 Å². The lowest BCUT2D eigenvalue weighted by atomic mass is 9.90. The van der Waals surface area contributed by atoms with Crippen LogP contribution in [0.4, 0.5) is 0 Å². The van der Waals surface area contributed by atoms with Crippen LogP contribution in [0, 0.1) is 5.92 Å². The van der Waals surface area contributed by atoms with Crippen molar-refractivity contribution in [3.05, 3.63) is 23.8 Å². The van der Waals surface area contributed by atoms with Gasteiger partial charge in [-0.3, -0.25) is 4.99 Å². The van der Waals surface area contributed by atoms with Gasteiger partial charge in [0.15, 0.2) is 5.96 Å². The van der Waals surface area contributed by atoms with Crippen molar-refractivity contribution in [2.45, 2.75) is 25.3 Å². The first-order valence-corrected chi connectivity index (χ1v) is 6.60. The molecule has 5 heteroatoms. The summed E-state index contributed by atoms with van der Waals surface area (Å²) in [6.45, 7) is 3.49. The molecule has 5 nitrogen and oxygen atoms in total. The zero-order valence-corrected chi connectivity index (χ0v) is 11.0. The van der Waals surface area contributed by atoms with Crippen LogP contribution in [0.15, 0.2) is 23.2 Å². The van der Waals surface area contributed by atoms with Crippen LogP contribution >= 0.6 is 0 Å². The van der Waals surface area contributed by atoms with E-state index < -0.39 is 0 Å². The van der Waals surface area contributed by atoms with Gasteiger partial charge in [-0.15, -0.1) is 0 Å². The minimum absolute atomic E-state index is 0.0630. The molecule has 0 amide bonds. The van der Waals surface area contributed by atoms with E-state index in [-0.39, 0.29) is 17.0 Å². The van der Waals surface area contributed by atoms with Gasteiger partial charge in [0.1, 0.15) is 11.5 Å². The maximum Gasteiger partial charge on any atom is 0.192 e. The highest BCUT2D eigenvalue weighted by molar-refractivity contribution is 5.81. The normalized spacial score (nSPS) is 26.6. The van der Waals surface area contributed by atoms with Gasteiger partial charge in [-0.2, -0.15) is 0 Å². The summed E-state index contributed by atoms with van der Waals surface area (Å²) in [5.41, 5.74) is 6.45. The van der Waals surface area contributed by atoms with Crippen LogP contribution < -0.4 is 5.73 Å². The Kier molecular flexibility index (Phi) is 2.59. The molecule has 1 unspecified atom stereocenters. The van der Waals surface area contributed by atoms with Crippen molar-refractivity contribution in [1.82, 2.24) is 4.90 Å². The molecule has 1 aromatic rings. The van der Waals surface area contributed by atoms with E-state index in [2.05, 4.69) is 9.89 Å². The standard InChI is InChI=1S/C14H19N3O2/c1-14(10-4-11(18)6-12(19)5-10)8-16-13(15)17(14)7-9-2-3-9/h4-6,9,18-19H,2-3,7-8H2,1H3,(H2,15,16). The Morgan fingerprint density at radius 1 is 1.32 bits per heavy atom. The predicted octanol–water partition coefficient (Wildman–Crippen LogP) is 1.35. The molecule has 1 heterocycles. The Labute approximate surface area is 112 Å². The lowest BCUT2D eigenvalue weighted by molar-refractivity contribution is 0.216. The van der Waals surface area contributed by atoms with Crippen molar-refractivity contribution in [2.24, 2.45) is 16.6 Å². The zero-order valence-electron chi connectivity index (χ0n) is 11.0. The fraction of sp³-hybridized carbons (Fsp3) is 0.500. The molecule has 4 N–H and O–H groups in total. The molecule has 0 spiro atoms. The van der Waals surface area contributed by atoms with E-state index >= 15 is 0 Å². The van der Waals surface area contributed by atoms with Crippen molar-refractivity contribution in [2.75, 3.05) is 13.1 Å². The van der Waals surface area contributed by atoms with E-state index in [9.17, 15) is 10.2 Å². The average Bonchev–Trinajstić information content (AvgIpc) is 3.10. The molecule has 19 heavy (non-hydrogen) atoms. The summed E-state index contributed by atoms with van der Waals surface area (Å²) in [4.78, 5) is 6.44. The molecule has 1 fully saturated rings. The van der Waals surface area contributed by atoms with Gasteiger partial charge in [0.2, 0.25) is 0 Å². The zero-order chi connectivity index (χ0) is 13.6. The molecule has 1 atom stereocenters. The van der Waals surface area contributed by atoms with Crippen molar-refractivity contribution in [1.29, 1.82) is 0 Å². The van der Waals surface area contributed by atoms with Crippen LogP contribution in [-0.2, 0) is 5.54 Å². The Balaban J connectivity index is 1.95. The van der Waals surface area contributed by atoms with Gasteiger partial charge in [-0.1, -0.05) is 0 Å². The van der Waals surface area contributed by atoms with Crippen molar-refractivity contribution < 1.29 is 10.2 Å². The van der Waals surface area contributed by atoms with Crippen molar-refractivity contribution in [3.8, 4) is 11.5 Å². The lowest BCUT2D eigenvalue weighted by Gasteiger charge is -2.37. The summed E-state index contributed by atoms with van der Waals surface area (Å²) in [5.74, 6) is 1.37. The molecule has 0 aromatic heterocycles. The molecule has 102 valence electrons. The molecular formula is C14H19N3O2. The van der Waals surface area contributed by atoms with Crippen LogP contribution in [0.2, 0.25) is 0 Å². The minimum Gasteiger partial charge on any atom is -0.508 e. The highest BCUT2D eigenvalue weighted by Gasteiger charge is 2.42. The van der Waals surface area contributed by atoms with Gasteiger partial charge in [-0.05, 0) is 43.4 Å². The van der Waals surface area contributed by atoms with Gasteiger partial charge in [0, 0.05) is 12.6 Å². The number of guanidine groups is 1. The summed E-state index contributed by atoms with van der Waals surface area (Å²) in [5, 5.41) is 19.3. The second-order valence-corrected chi connectivity index (χ2v) is 5.74. The van der Waals surface area contributed by atoms with Crippen molar-refractivity contribution >= 4 is 5.96 Å². The van der Waals surface area contributed by atoms with E-state index in [1.165, 1.54) is 18.9 Å². The number of phenolic OH excluding ortho intramolecular Hbond substituents is 2. The molecule has 0 bridgehead atoms. The minimum atomic E-state index is -0.386. The Bertz CT molecular complexity index is 519. The number of hydrogen-bond donors (Lipinski definition) is 3. The second kappa shape index (κ2) is 4.05. The Hall–Kier alpha value is -1.91. The van der Waals surface area contributed by atoms with Crippen molar-refractivity contribution in [3.63, 3.8) is 0 Å². The molecule has 1 aromatic carbocycles. The van der Waals surface area contributed by atoms with E-state index in [1.54, 1.807) is 12.1 Å². The molecular weight excluding hydrogens is 242 g/mol. The van der Waals surface area contributed by atoms with E-state index in [4.69, 9.17) is 5.73 Å². The third-order valence-corrected chi connectivity index (χ3v) is 4.08. The molecule has 1 aliphatic heterocycles. The maximum atomic E-state index is 9.67. The van der Waals surface area contributed by atoms with Crippen LogP contribution in [0.1, 0.15) is 25.3 Å². The van der Waals surface area contributed by atoms with Crippen LogP contribution in [-0.4, -0.2) is 34.2 Å². The quantitative estimate of drug-likeness (QED) is 0.767. The van der Waals surface area contributed by atoms with Gasteiger partial charge in [0.25, 0.3) is 0 Å². The number of nitrogens with zero attached hydrogens (tertiary/aromatic N) is 2. The monoisotopic (exact) mass is 261 g/mol. The molecule has 1 aliphatic carbocycles. The van der Waals surface area contributed by atoms with Gasteiger partial charge in [0.05, 0.1) is 12.1 Å². The molecule has 1 saturated carbocycles. The fourth-order valence-corrected chi connectivity index (χ4v) is 2.67. The van der Waals surface area contributed by atoms with E-state index in [0.717, 1.165) is 12.1 Å². The first kappa shape index (κ1) is 12.1. The number of hydrogen-bond acceptors (Lipinski definition) is 5. The highest BCUT2D eigenvalue weighted by Crippen LogP contribution is 2.39. The number of benzene rings is 1. The number of nitrogens with two attached hydrogens (primary N) is 1. The maximum absolute atomic E-state index is 9.67. The van der Waals surface area contributed by atoms with Crippen LogP contribution in [0.3, 0.4) is 0 Å².